The maximum atomic E-state index is 6.15. The maximum Gasteiger partial charge on any atom is 0.145 e. The maximum absolute atomic E-state index is 6.15. The minimum Gasteiger partial charge on any atom is -0.321 e. The molecule has 0 aliphatic heterocycles. The smallest absolute Gasteiger partial charge is 0.145 e. The van der Waals surface area contributed by atoms with Gasteiger partial charge in [-0.05, 0) is 31.7 Å². The summed E-state index contributed by atoms with van der Waals surface area (Å²) in [5.41, 5.74) is 8.41. The molecule has 1 unspecified atom stereocenters. The molecule has 3 heteroatoms. The lowest BCUT2D eigenvalue weighted by Gasteiger charge is -2.17. The van der Waals surface area contributed by atoms with Gasteiger partial charge in [0.25, 0.3) is 0 Å². The molecule has 1 aliphatic rings. The average Bonchev–Trinajstić information content (AvgIpc) is 2.80. The van der Waals surface area contributed by atoms with Crippen LogP contribution in [0.2, 0.25) is 0 Å². The van der Waals surface area contributed by atoms with Crippen LogP contribution in [0.4, 0.5) is 0 Å². The van der Waals surface area contributed by atoms with E-state index in [1.807, 2.05) is 6.92 Å². The zero-order chi connectivity index (χ0) is 12.4. The first kappa shape index (κ1) is 12.5. The molecule has 0 aromatic carbocycles. The Hall–Kier alpha value is -0.960. The van der Waals surface area contributed by atoms with E-state index < -0.39 is 0 Å². The molecule has 1 aromatic heterocycles. The van der Waals surface area contributed by atoms with E-state index in [1.54, 1.807) is 0 Å². The predicted molar refractivity (Wildman–Crippen MR) is 69.7 cm³/mol. The number of nitrogens with zero attached hydrogens (tertiary/aromatic N) is 2. The zero-order valence-electron chi connectivity index (χ0n) is 11.1. The lowest BCUT2D eigenvalue weighted by molar-refractivity contribution is 0.484. The molecule has 0 amide bonds. The van der Waals surface area contributed by atoms with Crippen molar-refractivity contribution in [2.75, 3.05) is 0 Å². The van der Waals surface area contributed by atoms with Crippen molar-refractivity contribution in [3.63, 3.8) is 0 Å². The zero-order valence-corrected chi connectivity index (χ0v) is 11.1. The molecular weight excluding hydrogens is 210 g/mol. The first-order valence-corrected chi connectivity index (χ1v) is 6.69. The van der Waals surface area contributed by atoms with Gasteiger partial charge in [-0.2, -0.15) is 0 Å². The lowest BCUT2D eigenvalue weighted by Crippen LogP contribution is -2.21. The average molecular weight is 233 g/mol. The summed E-state index contributed by atoms with van der Waals surface area (Å²) in [4.78, 5) is 9.19. The largest absolute Gasteiger partial charge is 0.321 e. The normalized spacial score (nSPS) is 18.9. The molecule has 1 fully saturated rings. The summed E-state index contributed by atoms with van der Waals surface area (Å²) < 4.78 is 0. The summed E-state index contributed by atoms with van der Waals surface area (Å²) in [7, 11) is 0. The lowest BCUT2D eigenvalue weighted by atomic mass is 10.0. The first-order valence-electron chi connectivity index (χ1n) is 6.69. The van der Waals surface area contributed by atoms with E-state index in [4.69, 9.17) is 10.7 Å². The molecule has 1 aliphatic carbocycles. The fourth-order valence-electron chi connectivity index (χ4n) is 2.49. The third kappa shape index (κ3) is 2.83. The van der Waals surface area contributed by atoms with E-state index >= 15 is 0 Å². The Morgan fingerprint density at radius 2 is 1.88 bits per heavy atom. The summed E-state index contributed by atoms with van der Waals surface area (Å²) >= 11 is 0. The standard InChI is InChI=1S/C14H23N3/c1-9(2)13(15)14-16-10(3)8-12(17-14)11-6-4-5-7-11/h8-9,11,13H,4-7,15H2,1-3H3. The molecule has 3 nitrogen and oxygen atoms in total. The SMILES string of the molecule is Cc1cc(C2CCCC2)nc(C(N)C(C)C)n1. The van der Waals surface area contributed by atoms with Crippen LogP contribution in [-0.4, -0.2) is 9.97 Å². The highest BCUT2D eigenvalue weighted by Gasteiger charge is 2.21. The second kappa shape index (κ2) is 5.13. The fraction of sp³-hybridized carbons (Fsp3) is 0.714. The van der Waals surface area contributed by atoms with Crippen LogP contribution in [-0.2, 0) is 0 Å². The topological polar surface area (TPSA) is 51.8 Å². The summed E-state index contributed by atoms with van der Waals surface area (Å²) in [6, 6.07) is 2.09. The van der Waals surface area contributed by atoms with Crippen molar-refractivity contribution in [1.29, 1.82) is 0 Å². The van der Waals surface area contributed by atoms with Gasteiger partial charge in [-0.3, -0.25) is 0 Å². The third-order valence-corrected chi connectivity index (χ3v) is 3.68. The van der Waals surface area contributed by atoms with E-state index in [0.29, 0.717) is 11.8 Å². The molecule has 1 aromatic rings. The summed E-state index contributed by atoms with van der Waals surface area (Å²) in [6.45, 7) is 6.27. The van der Waals surface area contributed by atoms with E-state index in [-0.39, 0.29) is 6.04 Å². The van der Waals surface area contributed by atoms with Crippen LogP contribution in [0, 0.1) is 12.8 Å². The van der Waals surface area contributed by atoms with Gasteiger partial charge in [0.2, 0.25) is 0 Å². The van der Waals surface area contributed by atoms with Crippen LogP contribution >= 0.6 is 0 Å². The van der Waals surface area contributed by atoms with Gasteiger partial charge >= 0.3 is 0 Å². The molecule has 0 spiro atoms. The minimum absolute atomic E-state index is 0.0462. The Kier molecular flexibility index (Phi) is 3.77. The highest BCUT2D eigenvalue weighted by molar-refractivity contribution is 5.16. The summed E-state index contributed by atoms with van der Waals surface area (Å²) in [5.74, 6) is 1.84. The number of rotatable bonds is 3. The third-order valence-electron chi connectivity index (χ3n) is 3.68. The predicted octanol–water partition coefficient (Wildman–Crippen LogP) is 3.10. The van der Waals surface area contributed by atoms with Crippen molar-refractivity contribution in [2.24, 2.45) is 11.7 Å². The molecule has 94 valence electrons. The van der Waals surface area contributed by atoms with Gasteiger partial charge in [-0.25, -0.2) is 9.97 Å². The second-order valence-electron chi connectivity index (χ2n) is 5.54. The van der Waals surface area contributed by atoms with Crippen LogP contribution in [0.5, 0.6) is 0 Å². The number of nitrogens with two attached hydrogens (primary N) is 1. The monoisotopic (exact) mass is 233 g/mol. The molecule has 17 heavy (non-hydrogen) atoms. The molecular formula is C14H23N3. The Morgan fingerprint density at radius 3 is 2.47 bits per heavy atom. The van der Waals surface area contributed by atoms with Crippen LogP contribution in [0.25, 0.3) is 0 Å². The molecule has 2 rings (SSSR count). The van der Waals surface area contributed by atoms with Gasteiger partial charge in [-0.15, -0.1) is 0 Å². The van der Waals surface area contributed by atoms with Gasteiger partial charge in [0.05, 0.1) is 6.04 Å². The van der Waals surface area contributed by atoms with Gasteiger partial charge in [0.15, 0.2) is 0 Å². The Balaban J connectivity index is 2.28. The van der Waals surface area contributed by atoms with Crippen LogP contribution in [0.1, 0.15) is 68.7 Å². The molecule has 1 atom stereocenters. The molecule has 1 saturated carbocycles. The number of aromatic nitrogens is 2. The molecule has 0 bridgehead atoms. The minimum atomic E-state index is -0.0462. The number of hydrogen-bond acceptors (Lipinski definition) is 3. The van der Waals surface area contributed by atoms with Crippen molar-refractivity contribution >= 4 is 0 Å². The fourth-order valence-corrected chi connectivity index (χ4v) is 2.49. The van der Waals surface area contributed by atoms with Gasteiger partial charge < -0.3 is 5.73 Å². The van der Waals surface area contributed by atoms with Crippen LogP contribution in [0.15, 0.2) is 6.07 Å². The van der Waals surface area contributed by atoms with E-state index in [0.717, 1.165) is 11.5 Å². The molecule has 0 saturated heterocycles. The van der Waals surface area contributed by atoms with E-state index in [9.17, 15) is 0 Å². The number of hydrogen-bond donors (Lipinski definition) is 1. The second-order valence-corrected chi connectivity index (χ2v) is 5.54. The summed E-state index contributed by atoms with van der Waals surface area (Å²) in [6.07, 6.45) is 5.21. The van der Waals surface area contributed by atoms with Crippen LogP contribution in [0.3, 0.4) is 0 Å². The van der Waals surface area contributed by atoms with Crippen molar-refractivity contribution in [2.45, 2.75) is 58.4 Å². The highest BCUT2D eigenvalue weighted by Crippen LogP contribution is 2.33. The van der Waals surface area contributed by atoms with Crippen LogP contribution < -0.4 is 5.73 Å². The molecule has 1 heterocycles. The van der Waals surface area contributed by atoms with E-state index in [2.05, 4.69) is 24.9 Å². The van der Waals surface area contributed by atoms with Crippen molar-refractivity contribution in [3.05, 3.63) is 23.3 Å². The Morgan fingerprint density at radius 1 is 1.24 bits per heavy atom. The Labute approximate surface area is 104 Å². The van der Waals surface area contributed by atoms with Crippen molar-refractivity contribution < 1.29 is 0 Å². The van der Waals surface area contributed by atoms with Gasteiger partial charge in [0.1, 0.15) is 5.82 Å². The highest BCUT2D eigenvalue weighted by atomic mass is 14.9. The van der Waals surface area contributed by atoms with Gasteiger partial charge in [0, 0.05) is 17.3 Å². The first-order chi connectivity index (χ1) is 8.08. The van der Waals surface area contributed by atoms with E-state index in [1.165, 1.54) is 31.4 Å². The van der Waals surface area contributed by atoms with Crippen molar-refractivity contribution in [3.8, 4) is 0 Å². The van der Waals surface area contributed by atoms with Gasteiger partial charge in [-0.1, -0.05) is 26.7 Å². The Bertz CT molecular complexity index is 361. The quantitative estimate of drug-likeness (QED) is 0.872. The molecule has 2 N–H and O–H groups in total. The summed E-state index contributed by atoms with van der Waals surface area (Å²) in [5, 5.41) is 0. The molecule has 0 radical (unpaired) electrons. The van der Waals surface area contributed by atoms with Crippen molar-refractivity contribution in [1.82, 2.24) is 9.97 Å². The number of aryl methyl sites for hydroxylation is 1.